The Morgan fingerprint density at radius 1 is 0.905 bits per heavy atom. The number of amides is 2. The summed E-state index contributed by atoms with van der Waals surface area (Å²) in [5.41, 5.74) is 6.61. The summed E-state index contributed by atoms with van der Waals surface area (Å²) in [6, 6.07) is 18.5. The Kier molecular flexibility index (Phi) is 7.73. The second-order valence-electron chi connectivity index (χ2n) is 9.23. The van der Waals surface area contributed by atoms with E-state index in [1.165, 1.54) is 24.1 Å². The van der Waals surface area contributed by atoms with Gasteiger partial charge in [0.25, 0.3) is 11.8 Å². The number of aliphatic imine (C=N–C) groups is 2. The van der Waals surface area contributed by atoms with Crippen molar-refractivity contribution in [1.82, 2.24) is 15.5 Å². The summed E-state index contributed by atoms with van der Waals surface area (Å²) in [5, 5.41) is 13.5. The summed E-state index contributed by atoms with van der Waals surface area (Å²) in [6.07, 6.45) is 0. The summed E-state index contributed by atoms with van der Waals surface area (Å²) in [7, 11) is 4.73. The van der Waals surface area contributed by atoms with E-state index >= 15 is 0 Å². The molecule has 5 N–H and O–H groups in total. The number of hydrogen-bond acceptors (Lipinski definition) is 10. The molecule has 214 valence electrons. The van der Waals surface area contributed by atoms with Crippen molar-refractivity contribution in [2.75, 3.05) is 27.7 Å². The lowest BCUT2D eigenvalue weighted by atomic mass is 10.2. The van der Waals surface area contributed by atoms with Crippen LogP contribution >= 0.6 is 0 Å². The summed E-state index contributed by atoms with van der Waals surface area (Å²) in [4.78, 5) is 35.0. The van der Waals surface area contributed by atoms with Gasteiger partial charge in [0.05, 0.1) is 7.11 Å². The minimum Gasteiger partial charge on any atom is -0.497 e. The SMILES string of the molecule is COc1cc(OC2=C3NC(=O)CN=C3NC(Oc3cc(C(=N)N)ccc3Oc3ccccc3)=N2)cc(C(=O)N(C)C)c1. The predicted octanol–water partition coefficient (Wildman–Crippen LogP) is 2.59. The third-order valence-corrected chi connectivity index (χ3v) is 5.94. The molecular weight excluding hydrogens is 542 g/mol. The zero-order valence-corrected chi connectivity index (χ0v) is 22.9. The topological polar surface area (TPSA) is 173 Å². The lowest BCUT2D eigenvalue weighted by molar-refractivity contribution is -0.119. The standard InChI is InChI=1S/C29H27N7O6/c1-36(2)28(38)17-11-19(39-3)14-20(12-17)41-27-24-26(32-15-23(37)33-24)34-29(35-27)42-22-13-16(25(30)31)9-10-21(22)40-18-7-5-4-6-8-18/h4-14H,15H2,1-3H3,(H3,30,31)(H,33,37)(H,32,34,35). The normalized spacial score (nSPS) is 13.9. The van der Waals surface area contributed by atoms with Crippen molar-refractivity contribution < 1.29 is 28.5 Å². The van der Waals surface area contributed by atoms with E-state index in [0.717, 1.165) is 0 Å². The molecule has 0 aromatic heterocycles. The minimum atomic E-state index is -0.363. The molecular formula is C29H27N7O6. The van der Waals surface area contributed by atoms with E-state index < -0.39 is 0 Å². The molecule has 5 rings (SSSR count). The van der Waals surface area contributed by atoms with Crippen LogP contribution in [0, 0.1) is 5.41 Å². The first-order valence-corrected chi connectivity index (χ1v) is 12.6. The molecule has 42 heavy (non-hydrogen) atoms. The number of para-hydroxylation sites is 1. The van der Waals surface area contributed by atoms with Gasteiger partial charge in [-0.3, -0.25) is 25.3 Å². The number of fused-ring (bicyclic) bond motifs is 1. The van der Waals surface area contributed by atoms with Crippen molar-refractivity contribution in [3.05, 3.63) is 89.4 Å². The minimum absolute atomic E-state index is 0.0553. The number of nitrogens with zero attached hydrogens (tertiary/aromatic N) is 3. The average Bonchev–Trinajstić information content (AvgIpc) is 2.98. The number of nitrogen functional groups attached to an aromatic ring is 1. The van der Waals surface area contributed by atoms with E-state index in [-0.39, 0.29) is 59.1 Å². The van der Waals surface area contributed by atoms with Gasteiger partial charge < -0.3 is 34.9 Å². The predicted molar refractivity (Wildman–Crippen MR) is 154 cm³/mol. The molecule has 2 aliphatic heterocycles. The third-order valence-electron chi connectivity index (χ3n) is 5.94. The molecule has 0 atom stereocenters. The van der Waals surface area contributed by atoms with E-state index in [2.05, 4.69) is 20.6 Å². The molecule has 0 aliphatic carbocycles. The van der Waals surface area contributed by atoms with E-state index in [9.17, 15) is 9.59 Å². The summed E-state index contributed by atoms with van der Waals surface area (Å²) in [6.45, 7) is -0.130. The quantitative estimate of drug-likeness (QED) is 0.237. The average molecular weight is 570 g/mol. The molecule has 0 saturated heterocycles. The Morgan fingerprint density at radius 3 is 2.38 bits per heavy atom. The first kappa shape index (κ1) is 27.7. The van der Waals surface area contributed by atoms with Crippen LogP contribution in [-0.2, 0) is 4.79 Å². The van der Waals surface area contributed by atoms with Crippen LogP contribution < -0.4 is 35.3 Å². The van der Waals surface area contributed by atoms with Crippen molar-refractivity contribution in [3.8, 4) is 28.7 Å². The van der Waals surface area contributed by atoms with Crippen LogP contribution in [-0.4, -0.2) is 62.2 Å². The highest BCUT2D eigenvalue weighted by Crippen LogP contribution is 2.33. The molecule has 0 spiro atoms. The zero-order chi connectivity index (χ0) is 29.8. The third kappa shape index (κ3) is 6.14. The molecule has 0 saturated carbocycles. The fraction of sp³-hybridized carbons (Fsp3) is 0.138. The Labute approximate surface area is 240 Å². The number of benzene rings is 3. The van der Waals surface area contributed by atoms with Gasteiger partial charge in [-0.1, -0.05) is 18.2 Å². The van der Waals surface area contributed by atoms with Gasteiger partial charge in [0.15, 0.2) is 17.3 Å². The Morgan fingerprint density at radius 2 is 1.67 bits per heavy atom. The van der Waals surface area contributed by atoms with E-state index in [1.807, 2.05) is 18.2 Å². The highest BCUT2D eigenvalue weighted by molar-refractivity contribution is 6.13. The van der Waals surface area contributed by atoms with Gasteiger partial charge in [-0.2, -0.15) is 4.99 Å². The summed E-state index contributed by atoms with van der Waals surface area (Å²) < 4.78 is 23.5. The van der Waals surface area contributed by atoms with Gasteiger partial charge in [-0.25, -0.2) is 0 Å². The second kappa shape index (κ2) is 11.7. The highest BCUT2D eigenvalue weighted by atomic mass is 16.5. The molecule has 2 aliphatic rings. The first-order valence-electron chi connectivity index (χ1n) is 12.6. The van der Waals surface area contributed by atoms with Gasteiger partial charge >= 0.3 is 6.02 Å². The molecule has 13 heteroatoms. The van der Waals surface area contributed by atoms with Gasteiger partial charge in [0, 0.05) is 31.3 Å². The number of methoxy groups -OCH3 is 1. The van der Waals surface area contributed by atoms with Crippen LogP contribution in [0.4, 0.5) is 0 Å². The van der Waals surface area contributed by atoms with Crippen LogP contribution in [0.3, 0.4) is 0 Å². The number of hydrogen-bond donors (Lipinski definition) is 4. The number of carbonyl (C=O) groups excluding carboxylic acids is 2. The molecule has 3 aromatic rings. The summed E-state index contributed by atoms with van der Waals surface area (Å²) in [5.74, 6) is 1.07. The van der Waals surface area contributed by atoms with Crippen LogP contribution in [0.2, 0.25) is 0 Å². The van der Waals surface area contributed by atoms with Crippen LogP contribution in [0.5, 0.6) is 28.7 Å². The maximum atomic E-state index is 12.7. The lowest BCUT2D eigenvalue weighted by Crippen LogP contribution is -2.48. The maximum Gasteiger partial charge on any atom is 0.304 e. The first-order chi connectivity index (χ1) is 20.2. The van der Waals surface area contributed by atoms with Gasteiger partial charge in [-0.15, -0.1) is 0 Å². The number of ether oxygens (including phenoxy) is 4. The van der Waals surface area contributed by atoms with Crippen molar-refractivity contribution in [1.29, 1.82) is 5.41 Å². The number of nitrogens with two attached hydrogens (primary N) is 1. The van der Waals surface area contributed by atoms with Gasteiger partial charge in [-0.05, 0) is 42.5 Å². The zero-order valence-electron chi connectivity index (χ0n) is 22.9. The number of carbonyl (C=O) groups is 2. The molecule has 0 fully saturated rings. The highest BCUT2D eigenvalue weighted by Gasteiger charge is 2.30. The fourth-order valence-corrected chi connectivity index (χ4v) is 3.93. The molecule has 0 radical (unpaired) electrons. The van der Waals surface area contributed by atoms with Crippen LogP contribution in [0.25, 0.3) is 0 Å². The van der Waals surface area contributed by atoms with Crippen molar-refractivity contribution in [3.63, 3.8) is 0 Å². The smallest absolute Gasteiger partial charge is 0.304 e. The van der Waals surface area contributed by atoms with Crippen molar-refractivity contribution >= 4 is 29.5 Å². The summed E-state index contributed by atoms with van der Waals surface area (Å²) >= 11 is 0. The number of amidine groups is 3. The fourth-order valence-electron chi connectivity index (χ4n) is 3.93. The second-order valence-corrected chi connectivity index (χ2v) is 9.23. The number of nitrogens with one attached hydrogen (secondary N) is 3. The van der Waals surface area contributed by atoms with Crippen LogP contribution in [0.15, 0.2) is 88.3 Å². The molecule has 3 aromatic carbocycles. The Hall–Kier alpha value is -5.85. The van der Waals surface area contributed by atoms with Crippen molar-refractivity contribution in [2.24, 2.45) is 15.7 Å². The van der Waals surface area contributed by atoms with E-state index in [0.29, 0.717) is 28.4 Å². The van der Waals surface area contributed by atoms with Crippen LogP contribution in [0.1, 0.15) is 15.9 Å². The Balaban J connectivity index is 1.53. The number of rotatable bonds is 8. The molecule has 0 bridgehead atoms. The molecule has 0 unspecified atom stereocenters. The monoisotopic (exact) mass is 569 g/mol. The molecule has 2 heterocycles. The van der Waals surface area contributed by atoms with Crippen molar-refractivity contribution in [2.45, 2.75) is 0 Å². The van der Waals surface area contributed by atoms with Gasteiger partial charge in [0.2, 0.25) is 5.91 Å². The maximum absolute atomic E-state index is 12.7. The van der Waals surface area contributed by atoms with E-state index in [4.69, 9.17) is 30.1 Å². The molecule has 2 amide bonds. The largest absolute Gasteiger partial charge is 0.497 e. The Bertz CT molecular complexity index is 1660. The van der Waals surface area contributed by atoms with Gasteiger partial charge in [0.1, 0.15) is 35.3 Å². The molecule has 13 nitrogen and oxygen atoms in total. The van der Waals surface area contributed by atoms with E-state index in [1.54, 1.807) is 50.5 Å². The lowest BCUT2D eigenvalue weighted by Gasteiger charge is -2.25.